The Bertz CT molecular complexity index is 1210. The highest BCUT2D eigenvalue weighted by atomic mass is 32.1. The van der Waals surface area contributed by atoms with Crippen molar-refractivity contribution in [2.24, 2.45) is 0 Å². The minimum Gasteiger partial charge on any atom is -0.339 e. The highest BCUT2D eigenvalue weighted by molar-refractivity contribution is 7.14. The van der Waals surface area contributed by atoms with Gasteiger partial charge >= 0.3 is 0 Å². The van der Waals surface area contributed by atoms with Crippen LogP contribution < -0.4 is 10.6 Å². The Morgan fingerprint density at radius 2 is 1.79 bits per heavy atom. The van der Waals surface area contributed by atoms with Crippen LogP contribution in [0.1, 0.15) is 56.0 Å². The number of rotatable bonds is 5. The second-order valence-corrected chi connectivity index (χ2v) is 8.56. The number of nitrogens with zero attached hydrogens (tertiary/aromatic N) is 3. The number of carbonyl (C=O) groups excluding carboxylic acids is 3. The van der Waals surface area contributed by atoms with Gasteiger partial charge in [-0.05, 0) is 61.9 Å². The number of nitrogens with one attached hydrogen (secondary N) is 2. The molecule has 0 unspecified atom stereocenters. The number of hydrogen-bond donors (Lipinski definition) is 2. The molecule has 1 aliphatic rings. The molecule has 0 atom stereocenters. The molecule has 33 heavy (non-hydrogen) atoms. The molecule has 10 heteroatoms. The number of benzene rings is 1. The summed E-state index contributed by atoms with van der Waals surface area (Å²) in [6, 6.07) is 7.05. The summed E-state index contributed by atoms with van der Waals surface area (Å²) in [6.07, 6.45) is 4.40. The molecule has 3 aromatic rings. The lowest BCUT2D eigenvalue weighted by Gasteiger charge is -2.26. The predicted molar refractivity (Wildman–Crippen MR) is 123 cm³/mol. The number of piperidine rings is 1. The first-order valence-corrected chi connectivity index (χ1v) is 11.4. The maximum absolute atomic E-state index is 14.7. The third-order valence-corrected chi connectivity index (χ3v) is 6.09. The van der Waals surface area contributed by atoms with Gasteiger partial charge in [0.2, 0.25) is 5.95 Å². The Kier molecular flexibility index (Phi) is 6.74. The number of anilines is 2. The highest BCUT2D eigenvalue weighted by Crippen LogP contribution is 2.25. The first kappa shape index (κ1) is 22.5. The third kappa shape index (κ3) is 5.23. The molecule has 1 fully saturated rings. The molecule has 1 aromatic carbocycles. The molecule has 1 aliphatic heterocycles. The molecule has 0 aliphatic carbocycles. The summed E-state index contributed by atoms with van der Waals surface area (Å²) in [5, 5.41) is 7.19. The van der Waals surface area contributed by atoms with E-state index in [2.05, 4.69) is 20.6 Å². The number of aryl methyl sites for hydroxylation is 1. The molecule has 2 aromatic heterocycles. The maximum Gasteiger partial charge on any atom is 0.261 e. The molecular weight excluding hydrogens is 445 g/mol. The average Bonchev–Trinajstić information content (AvgIpc) is 3.27. The average molecular weight is 468 g/mol. The van der Waals surface area contributed by atoms with E-state index in [4.69, 9.17) is 0 Å². The van der Waals surface area contributed by atoms with Gasteiger partial charge in [0.25, 0.3) is 17.7 Å². The van der Waals surface area contributed by atoms with E-state index in [0.717, 1.165) is 36.7 Å². The Balaban J connectivity index is 1.46. The van der Waals surface area contributed by atoms with Gasteiger partial charge in [-0.3, -0.25) is 19.7 Å². The van der Waals surface area contributed by atoms with Crippen LogP contribution in [0.25, 0.3) is 0 Å². The smallest absolute Gasteiger partial charge is 0.261 e. The van der Waals surface area contributed by atoms with Crippen LogP contribution in [0.3, 0.4) is 0 Å². The number of carbonyl (C=O) groups is 3. The largest absolute Gasteiger partial charge is 0.339 e. The zero-order valence-electron chi connectivity index (χ0n) is 17.9. The minimum absolute atomic E-state index is 0.0458. The number of thiophene rings is 1. The molecule has 170 valence electrons. The van der Waals surface area contributed by atoms with Gasteiger partial charge < -0.3 is 10.2 Å². The molecule has 4 rings (SSSR count). The van der Waals surface area contributed by atoms with Crippen LogP contribution in [0.4, 0.5) is 15.3 Å². The fraction of sp³-hybridized carbons (Fsp3) is 0.261. The molecule has 0 saturated carbocycles. The van der Waals surface area contributed by atoms with E-state index >= 15 is 0 Å². The van der Waals surface area contributed by atoms with Crippen molar-refractivity contribution in [2.45, 2.75) is 26.2 Å². The zero-order chi connectivity index (χ0) is 23.4. The van der Waals surface area contributed by atoms with Gasteiger partial charge in [-0.2, -0.15) is 0 Å². The van der Waals surface area contributed by atoms with Crippen LogP contribution in [0.15, 0.2) is 41.9 Å². The lowest BCUT2D eigenvalue weighted by Crippen LogP contribution is -2.36. The standard InChI is InChI=1S/C23H22FN5O3S/c1-14-7-9-25-23(26-14)28-20(31)17-8-12-33-21(17)27-19(30)15-5-6-16(18(24)13-15)22(32)29-10-3-2-4-11-29/h5-9,12-13H,2-4,10-11H2,1H3,(H,27,30)(H,25,26,28,31). The first-order valence-electron chi connectivity index (χ1n) is 10.5. The second kappa shape index (κ2) is 9.86. The number of amides is 3. The monoisotopic (exact) mass is 467 g/mol. The predicted octanol–water partition coefficient (Wildman–Crippen LogP) is 4.12. The van der Waals surface area contributed by atoms with Crippen molar-refractivity contribution in [3.05, 3.63) is 70.1 Å². The van der Waals surface area contributed by atoms with Crippen molar-refractivity contribution in [1.82, 2.24) is 14.9 Å². The van der Waals surface area contributed by atoms with Crippen molar-refractivity contribution in [3.8, 4) is 0 Å². The summed E-state index contributed by atoms with van der Waals surface area (Å²) in [4.78, 5) is 47.7. The molecule has 2 N–H and O–H groups in total. The van der Waals surface area contributed by atoms with Crippen molar-refractivity contribution >= 4 is 40.0 Å². The number of likely N-dealkylation sites (tertiary alicyclic amines) is 1. The zero-order valence-corrected chi connectivity index (χ0v) is 18.7. The summed E-state index contributed by atoms with van der Waals surface area (Å²) < 4.78 is 14.7. The molecule has 3 heterocycles. The lowest BCUT2D eigenvalue weighted by molar-refractivity contribution is 0.0719. The number of halogens is 1. The van der Waals surface area contributed by atoms with Gasteiger partial charge in [0.15, 0.2) is 0 Å². The Hall–Kier alpha value is -3.66. The van der Waals surface area contributed by atoms with Crippen LogP contribution in [0, 0.1) is 12.7 Å². The van der Waals surface area contributed by atoms with E-state index in [0.29, 0.717) is 23.8 Å². The molecule has 3 amide bonds. The summed E-state index contributed by atoms with van der Waals surface area (Å²) in [6.45, 7) is 2.99. The number of aromatic nitrogens is 2. The van der Waals surface area contributed by atoms with Crippen molar-refractivity contribution in [1.29, 1.82) is 0 Å². The Morgan fingerprint density at radius 3 is 2.52 bits per heavy atom. The van der Waals surface area contributed by atoms with E-state index in [-0.39, 0.29) is 28.5 Å². The van der Waals surface area contributed by atoms with Crippen molar-refractivity contribution < 1.29 is 18.8 Å². The van der Waals surface area contributed by atoms with Gasteiger partial charge in [-0.15, -0.1) is 11.3 Å². The van der Waals surface area contributed by atoms with E-state index < -0.39 is 17.6 Å². The molecule has 8 nitrogen and oxygen atoms in total. The van der Waals surface area contributed by atoms with E-state index in [1.165, 1.54) is 18.3 Å². The van der Waals surface area contributed by atoms with E-state index in [1.54, 1.807) is 29.3 Å². The van der Waals surface area contributed by atoms with Crippen LogP contribution in [0.5, 0.6) is 0 Å². The molecule has 1 saturated heterocycles. The van der Waals surface area contributed by atoms with Gasteiger partial charge in [0.05, 0.1) is 11.1 Å². The quantitative estimate of drug-likeness (QED) is 0.588. The van der Waals surface area contributed by atoms with Gasteiger partial charge in [0, 0.05) is 30.5 Å². The summed E-state index contributed by atoms with van der Waals surface area (Å²) in [5.41, 5.74) is 0.923. The normalized spacial score (nSPS) is 13.5. The van der Waals surface area contributed by atoms with E-state index in [9.17, 15) is 18.8 Å². The molecule has 0 radical (unpaired) electrons. The second-order valence-electron chi connectivity index (χ2n) is 7.64. The van der Waals surface area contributed by atoms with E-state index in [1.807, 2.05) is 0 Å². The fourth-order valence-electron chi connectivity index (χ4n) is 3.54. The minimum atomic E-state index is -0.751. The summed E-state index contributed by atoms with van der Waals surface area (Å²) in [7, 11) is 0. The van der Waals surface area contributed by atoms with Crippen LogP contribution in [-0.4, -0.2) is 45.7 Å². The molecule has 0 spiro atoms. The SMILES string of the molecule is Cc1ccnc(NC(=O)c2ccsc2NC(=O)c2ccc(C(=O)N3CCCCC3)c(F)c2)n1. The molecule has 0 bridgehead atoms. The van der Waals surface area contributed by atoms with Gasteiger partial charge in [-0.1, -0.05) is 0 Å². The maximum atomic E-state index is 14.7. The van der Waals surface area contributed by atoms with Crippen molar-refractivity contribution in [3.63, 3.8) is 0 Å². The van der Waals surface area contributed by atoms with Crippen LogP contribution >= 0.6 is 11.3 Å². The third-order valence-electron chi connectivity index (χ3n) is 5.26. The van der Waals surface area contributed by atoms with Gasteiger partial charge in [-0.25, -0.2) is 14.4 Å². The lowest BCUT2D eigenvalue weighted by atomic mass is 10.1. The fourth-order valence-corrected chi connectivity index (χ4v) is 4.31. The Morgan fingerprint density at radius 1 is 1.00 bits per heavy atom. The molecular formula is C23H22FN5O3S. The van der Waals surface area contributed by atoms with Crippen LogP contribution in [-0.2, 0) is 0 Å². The van der Waals surface area contributed by atoms with Crippen molar-refractivity contribution in [2.75, 3.05) is 23.7 Å². The summed E-state index contributed by atoms with van der Waals surface area (Å²) >= 11 is 1.16. The topological polar surface area (TPSA) is 104 Å². The Labute approximate surface area is 193 Å². The van der Waals surface area contributed by atoms with Gasteiger partial charge in [0.1, 0.15) is 10.8 Å². The first-order chi connectivity index (χ1) is 15.9. The highest BCUT2D eigenvalue weighted by Gasteiger charge is 2.23. The summed E-state index contributed by atoms with van der Waals surface area (Å²) in [5.74, 6) is -2.03. The van der Waals surface area contributed by atoms with Crippen LogP contribution in [0.2, 0.25) is 0 Å². The number of hydrogen-bond acceptors (Lipinski definition) is 6.